The summed E-state index contributed by atoms with van der Waals surface area (Å²) in [7, 11) is 0. The monoisotopic (exact) mass is 392 g/mol. The fourth-order valence-corrected chi connectivity index (χ4v) is 2.77. The first kappa shape index (κ1) is 18.3. The average molecular weight is 392 g/mol. The van der Waals surface area contributed by atoms with Crippen molar-refractivity contribution in [3.8, 4) is 22.8 Å². The van der Waals surface area contributed by atoms with Crippen molar-refractivity contribution in [1.82, 2.24) is 10.9 Å². The number of nitrogens with one attached hydrogen (secondary N) is 2. The minimum absolute atomic E-state index is 0.0293. The van der Waals surface area contributed by atoms with Crippen LogP contribution in [0.25, 0.3) is 11.3 Å². The molecule has 1 aromatic heterocycles. The maximum Gasteiger partial charge on any atom is 0.305 e. The molecular formula is C21H16N2O6. The fourth-order valence-electron chi connectivity index (χ4n) is 2.77. The van der Waals surface area contributed by atoms with Gasteiger partial charge in [-0.1, -0.05) is 24.3 Å². The molecule has 4 rings (SSSR count). The zero-order chi connectivity index (χ0) is 20.4. The van der Waals surface area contributed by atoms with Crippen LogP contribution in [-0.4, -0.2) is 24.4 Å². The number of benzene rings is 2. The van der Waals surface area contributed by atoms with E-state index in [1.54, 1.807) is 42.5 Å². The van der Waals surface area contributed by atoms with E-state index in [0.29, 0.717) is 28.4 Å². The molecule has 0 aliphatic carbocycles. The van der Waals surface area contributed by atoms with Crippen molar-refractivity contribution in [2.24, 2.45) is 0 Å². The highest BCUT2D eigenvalue weighted by Gasteiger charge is 2.18. The number of hydrogen-bond acceptors (Lipinski definition) is 6. The van der Waals surface area contributed by atoms with Gasteiger partial charge in [0.25, 0.3) is 5.91 Å². The standard InChI is InChI=1S/C21H16N2O6/c1-12(24)13-2-4-14(5-3-13)16-8-9-18(29-16)21(26)23-22-20(25)15-6-7-17-19(10-15)28-11-27-17/h2-10H,11H2,1H3,(H,22,25)(H,23,26). The fraction of sp³-hybridized carbons (Fsp3) is 0.0952. The molecule has 3 aromatic rings. The zero-order valence-corrected chi connectivity index (χ0v) is 15.4. The van der Waals surface area contributed by atoms with E-state index in [2.05, 4.69) is 10.9 Å². The molecule has 8 heteroatoms. The van der Waals surface area contributed by atoms with Gasteiger partial charge in [0.15, 0.2) is 23.0 Å². The lowest BCUT2D eigenvalue weighted by molar-refractivity contribution is 0.0831. The summed E-state index contributed by atoms with van der Waals surface area (Å²) in [6.07, 6.45) is 0. The molecule has 1 aliphatic heterocycles. The molecule has 0 saturated heterocycles. The lowest BCUT2D eigenvalue weighted by Crippen LogP contribution is -2.41. The van der Waals surface area contributed by atoms with Gasteiger partial charge in [0.1, 0.15) is 5.76 Å². The van der Waals surface area contributed by atoms with Crippen LogP contribution in [0.5, 0.6) is 11.5 Å². The smallest absolute Gasteiger partial charge is 0.305 e. The van der Waals surface area contributed by atoms with E-state index in [0.717, 1.165) is 5.56 Å². The number of ketones is 1. The summed E-state index contributed by atoms with van der Waals surface area (Å²) >= 11 is 0. The Labute approximate surface area is 165 Å². The molecular weight excluding hydrogens is 376 g/mol. The van der Waals surface area contributed by atoms with E-state index in [-0.39, 0.29) is 18.3 Å². The first-order valence-electron chi connectivity index (χ1n) is 8.73. The number of ether oxygens (including phenoxy) is 2. The van der Waals surface area contributed by atoms with Crippen LogP contribution in [0.1, 0.15) is 38.2 Å². The second-order valence-electron chi connectivity index (χ2n) is 6.27. The number of fused-ring (bicyclic) bond motifs is 1. The van der Waals surface area contributed by atoms with Crippen LogP contribution in [0.4, 0.5) is 0 Å². The Balaban J connectivity index is 1.39. The molecule has 2 N–H and O–H groups in total. The van der Waals surface area contributed by atoms with Crippen LogP contribution in [-0.2, 0) is 0 Å². The largest absolute Gasteiger partial charge is 0.454 e. The molecule has 2 aromatic carbocycles. The molecule has 0 saturated carbocycles. The summed E-state index contributed by atoms with van der Waals surface area (Å²) in [6.45, 7) is 1.59. The molecule has 8 nitrogen and oxygen atoms in total. The van der Waals surface area contributed by atoms with Crippen molar-refractivity contribution in [3.05, 3.63) is 71.5 Å². The molecule has 2 heterocycles. The summed E-state index contributed by atoms with van der Waals surface area (Å²) in [5, 5.41) is 0. The minimum Gasteiger partial charge on any atom is -0.454 e. The molecule has 0 unspecified atom stereocenters. The Morgan fingerprint density at radius 3 is 2.24 bits per heavy atom. The minimum atomic E-state index is -0.606. The van der Waals surface area contributed by atoms with E-state index in [1.807, 2.05) is 0 Å². The third-order valence-electron chi connectivity index (χ3n) is 4.33. The predicted octanol–water partition coefficient (Wildman–Crippen LogP) is 2.95. The van der Waals surface area contributed by atoms with E-state index in [9.17, 15) is 14.4 Å². The molecule has 29 heavy (non-hydrogen) atoms. The molecule has 2 amide bonds. The maximum absolute atomic E-state index is 12.2. The molecule has 0 fully saturated rings. The highest BCUT2D eigenvalue weighted by Crippen LogP contribution is 2.32. The van der Waals surface area contributed by atoms with E-state index in [1.165, 1.54) is 19.1 Å². The summed E-state index contributed by atoms with van der Waals surface area (Å²) in [5.74, 6) is 0.373. The molecule has 146 valence electrons. The van der Waals surface area contributed by atoms with Gasteiger partial charge < -0.3 is 13.9 Å². The Kier molecular flexibility index (Phi) is 4.74. The van der Waals surface area contributed by atoms with Crippen molar-refractivity contribution >= 4 is 17.6 Å². The number of hydrogen-bond donors (Lipinski definition) is 2. The van der Waals surface area contributed by atoms with Crippen LogP contribution >= 0.6 is 0 Å². The molecule has 0 bridgehead atoms. The Morgan fingerprint density at radius 2 is 1.48 bits per heavy atom. The van der Waals surface area contributed by atoms with Gasteiger partial charge in [-0.25, -0.2) is 0 Å². The first-order valence-corrected chi connectivity index (χ1v) is 8.73. The average Bonchev–Trinajstić information content (AvgIpc) is 3.40. The number of furan rings is 1. The molecule has 1 aliphatic rings. The Morgan fingerprint density at radius 1 is 0.793 bits per heavy atom. The maximum atomic E-state index is 12.2. The van der Waals surface area contributed by atoms with Crippen LogP contribution in [0, 0.1) is 0 Å². The Bertz CT molecular complexity index is 1100. The topological polar surface area (TPSA) is 107 Å². The predicted molar refractivity (Wildman–Crippen MR) is 102 cm³/mol. The van der Waals surface area contributed by atoms with Gasteiger partial charge in [-0.2, -0.15) is 0 Å². The van der Waals surface area contributed by atoms with Gasteiger partial charge in [0.2, 0.25) is 6.79 Å². The second kappa shape index (κ2) is 7.51. The van der Waals surface area contributed by atoms with Crippen molar-refractivity contribution in [3.63, 3.8) is 0 Å². The summed E-state index contributed by atoms with van der Waals surface area (Å²) < 4.78 is 16.0. The normalized spacial score (nSPS) is 11.8. The van der Waals surface area contributed by atoms with Crippen LogP contribution in [0.15, 0.2) is 59.0 Å². The van der Waals surface area contributed by atoms with E-state index >= 15 is 0 Å². The van der Waals surface area contributed by atoms with Crippen molar-refractivity contribution < 1.29 is 28.3 Å². The van der Waals surface area contributed by atoms with E-state index < -0.39 is 11.8 Å². The van der Waals surface area contributed by atoms with E-state index in [4.69, 9.17) is 13.9 Å². The highest BCUT2D eigenvalue weighted by molar-refractivity contribution is 5.98. The summed E-state index contributed by atoms with van der Waals surface area (Å²) in [4.78, 5) is 35.8. The van der Waals surface area contributed by atoms with Gasteiger partial charge >= 0.3 is 5.91 Å². The van der Waals surface area contributed by atoms with Crippen LogP contribution in [0.3, 0.4) is 0 Å². The lowest BCUT2D eigenvalue weighted by atomic mass is 10.1. The number of amides is 2. The lowest BCUT2D eigenvalue weighted by Gasteiger charge is -2.06. The summed E-state index contributed by atoms with van der Waals surface area (Å²) in [6, 6.07) is 14.7. The zero-order valence-electron chi connectivity index (χ0n) is 15.4. The van der Waals surface area contributed by atoms with Crippen molar-refractivity contribution in [2.45, 2.75) is 6.92 Å². The van der Waals surface area contributed by atoms with Crippen LogP contribution < -0.4 is 20.3 Å². The molecule has 0 atom stereocenters. The third kappa shape index (κ3) is 3.81. The van der Waals surface area contributed by atoms with Gasteiger partial charge in [-0.15, -0.1) is 0 Å². The van der Waals surface area contributed by atoms with Crippen molar-refractivity contribution in [2.75, 3.05) is 6.79 Å². The first-order chi connectivity index (χ1) is 14.0. The van der Waals surface area contributed by atoms with Gasteiger partial charge in [-0.3, -0.25) is 25.2 Å². The number of Topliss-reactive ketones (excluding diaryl/α,β-unsaturated/α-hetero) is 1. The van der Waals surface area contributed by atoms with Crippen LogP contribution in [0.2, 0.25) is 0 Å². The highest BCUT2D eigenvalue weighted by atomic mass is 16.7. The number of carbonyl (C=O) groups excluding carboxylic acids is 3. The summed E-state index contributed by atoms with van der Waals surface area (Å²) in [5.41, 5.74) is 6.24. The van der Waals surface area contributed by atoms with Gasteiger partial charge in [0, 0.05) is 16.7 Å². The van der Waals surface area contributed by atoms with Crippen molar-refractivity contribution in [1.29, 1.82) is 0 Å². The SMILES string of the molecule is CC(=O)c1ccc(-c2ccc(C(=O)NNC(=O)c3ccc4c(c3)OCO4)o2)cc1. The quantitative estimate of drug-likeness (QED) is 0.522. The Hall–Kier alpha value is -4.07. The number of carbonyl (C=O) groups is 3. The van der Waals surface area contributed by atoms with Gasteiger partial charge in [0.05, 0.1) is 0 Å². The molecule has 0 radical (unpaired) electrons. The number of rotatable bonds is 4. The van der Waals surface area contributed by atoms with Gasteiger partial charge in [-0.05, 0) is 37.3 Å². The number of hydrazine groups is 1. The molecule has 0 spiro atoms. The second-order valence-corrected chi connectivity index (χ2v) is 6.27. The third-order valence-corrected chi connectivity index (χ3v) is 4.33.